The summed E-state index contributed by atoms with van der Waals surface area (Å²) in [4.78, 5) is 33.7. The third-order valence-corrected chi connectivity index (χ3v) is 4.98. The SMILES string of the molecule is COc1ccnc(NCCC#CCCNC(=O)c2cc(C)cn(Cc3cccc(Cl)c3)c2=O)n1. The van der Waals surface area contributed by atoms with E-state index in [0.717, 1.165) is 11.1 Å². The van der Waals surface area contributed by atoms with Gasteiger partial charge in [-0.15, -0.1) is 11.8 Å². The molecule has 0 saturated heterocycles. The van der Waals surface area contributed by atoms with E-state index < -0.39 is 5.91 Å². The molecule has 0 atom stereocenters. The number of rotatable bonds is 9. The number of carbonyl (C=O) groups excluding carboxylic acids is 1. The molecule has 0 spiro atoms. The molecule has 0 aliphatic carbocycles. The number of hydrogen-bond donors (Lipinski definition) is 2. The van der Waals surface area contributed by atoms with Gasteiger partial charge in [-0.2, -0.15) is 4.98 Å². The van der Waals surface area contributed by atoms with Crippen molar-refractivity contribution in [1.29, 1.82) is 0 Å². The number of aryl methyl sites for hydroxylation is 1. The molecule has 0 unspecified atom stereocenters. The second-order valence-electron chi connectivity index (χ2n) is 7.45. The third kappa shape index (κ3) is 7.36. The van der Waals surface area contributed by atoms with Crippen LogP contribution in [0.25, 0.3) is 0 Å². The second kappa shape index (κ2) is 12.4. The summed E-state index contributed by atoms with van der Waals surface area (Å²) in [6, 6.07) is 10.6. The van der Waals surface area contributed by atoms with Crippen LogP contribution in [0, 0.1) is 18.8 Å². The maximum atomic E-state index is 12.8. The van der Waals surface area contributed by atoms with Crippen LogP contribution in [0.5, 0.6) is 5.88 Å². The Morgan fingerprint density at radius 2 is 1.97 bits per heavy atom. The van der Waals surface area contributed by atoms with E-state index in [1.807, 2.05) is 19.1 Å². The fourth-order valence-electron chi connectivity index (χ4n) is 3.19. The molecule has 2 aromatic heterocycles. The molecule has 176 valence electrons. The van der Waals surface area contributed by atoms with E-state index in [2.05, 4.69) is 32.4 Å². The van der Waals surface area contributed by atoms with Crippen molar-refractivity contribution < 1.29 is 9.53 Å². The lowest BCUT2D eigenvalue weighted by Gasteiger charge is -2.10. The average molecular weight is 480 g/mol. The topological polar surface area (TPSA) is 98.1 Å². The molecule has 1 amide bonds. The lowest BCUT2D eigenvalue weighted by Crippen LogP contribution is -2.33. The Hall–Kier alpha value is -3.83. The smallest absolute Gasteiger partial charge is 0.263 e. The Kier molecular flexibility index (Phi) is 9.06. The van der Waals surface area contributed by atoms with Gasteiger partial charge in [-0.05, 0) is 36.2 Å². The van der Waals surface area contributed by atoms with Gasteiger partial charge in [-0.3, -0.25) is 9.59 Å². The molecule has 3 rings (SSSR count). The average Bonchev–Trinajstić information content (AvgIpc) is 2.83. The summed E-state index contributed by atoms with van der Waals surface area (Å²) in [5.74, 6) is 6.60. The van der Waals surface area contributed by atoms with Gasteiger partial charge >= 0.3 is 0 Å². The highest BCUT2D eigenvalue weighted by Crippen LogP contribution is 2.12. The number of hydrogen-bond acceptors (Lipinski definition) is 6. The third-order valence-electron chi connectivity index (χ3n) is 4.74. The zero-order valence-corrected chi connectivity index (χ0v) is 19.9. The van der Waals surface area contributed by atoms with Gasteiger partial charge in [0, 0.05) is 49.4 Å². The van der Waals surface area contributed by atoms with Crippen molar-refractivity contribution >= 4 is 23.5 Å². The molecule has 0 aliphatic rings. The molecule has 1 aromatic carbocycles. The first kappa shape index (κ1) is 24.8. The predicted molar refractivity (Wildman–Crippen MR) is 132 cm³/mol. The first-order chi connectivity index (χ1) is 16.5. The molecule has 0 bridgehead atoms. The van der Waals surface area contributed by atoms with E-state index >= 15 is 0 Å². The summed E-state index contributed by atoms with van der Waals surface area (Å²) in [6.07, 6.45) is 4.42. The number of halogens is 1. The number of benzene rings is 1. The maximum Gasteiger partial charge on any atom is 0.263 e. The van der Waals surface area contributed by atoms with Gasteiger partial charge in [-0.1, -0.05) is 23.7 Å². The van der Waals surface area contributed by atoms with E-state index in [9.17, 15) is 9.59 Å². The lowest BCUT2D eigenvalue weighted by atomic mass is 10.1. The Morgan fingerprint density at radius 3 is 2.74 bits per heavy atom. The summed E-state index contributed by atoms with van der Waals surface area (Å²) in [5, 5.41) is 6.44. The van der Waals surface area contributed by atoms with E-state index in [1.54, 1.807) is 43.8 Å². The number of aromatic nitrogens is 3. The normalized spacial score (nSPS) is 10.2. The minimum absolute atomic E-state index is 0.109. The van der Waals surface area contributed by atoms with Gasteiger partial charge < -0.3 is 19.9 Å². The van der Waals surface area contributed by atoms with Crippen LogP contribution in [0.1, 0.15) is 34.3 Å². The number of pyridine rings is 1. The Bertz CT molecular complexity index is 1260. The molecular weight excluding hydrogens is 454 g/mol. The van der Waals surface area contributed by atoms with Crippen LogP contribution in [0.3, 0.4) is 0 Å². The van der Waals surface area contributed by atoms with Crippen molar-refractivity contribution in [3.63, 3.8) is 0 Å². The molecule has 3 aromatic rings. The van der Waals surface area contributed by atoms with Crippen molar-refractivity contribution in [3.8, 4) is 17.7 Å². The monoisotopic (exact) mass is 479 g/mol. The number of anilines is 1. The van der Waals surface area contributed by atoms with Gasteiger partial charge in [-0.25, -0.2) is 4.98 Å². The first-order valence-electron chi connectivity index (χ1n) is 10.8. The first-order valence-corrected chi connectivity index (χ1v) is 11.1. The summed E-state index contributed by atoms with van der Waals surface area (Å²) in [7, 11) is 1.55. The Morgan fingerprint density at radius 1 is 1.18 bits per heavy atom. The summed E-state index contributed by atoms with van der Waals surface area (Å²) in [6.45, 7) is 3.12. The van der Waals surface area contributed by atoms with Crippen molar-refractivity contribution in [2.24, 2.45) is 0 Å². The highest BCUT2D eigenvalue weighted by atomic mass is 35.5. The van der Waals surface area contributed by atoms with E-state index in [0.29, 0.717) is 49.3 Å². The summed E-state index contributed by atoms with van der Waals surface area (Å²) >= 11 is 6.04. The van der Waals surface area contributed by atoms with Crippen molar-refractivity contribution in [2.75, 3.05) is 25.5 Å². The van der Waals surface area contributed by atoms with E-state index in [1.165, 1.54) is 4.57 Å². The lowest BCUT2D eigenvalue weighted by molar-refractivity contribution is 0.0952. The fourth-order valence-corrected chi connectivity index (χ4v) is 3.40. The van der Waals surface area contributed by atoms with Gasteiger partial charge in [0.1, 0.15) is 5.56 Å². The predicted octanol–water partition coefficient (Wildman–Crippen LogP) is 3.28. The minimum atomic E-state index is -0.410. The highest BCUT2D eigenvalue weighted by molar-refractivity contribution is 6.30. The van der Waals surface area contributed by atoms with Crippen LogP contribution >= 0.6 is 11.6 Å². The number of ether oxygens (including phenoxy) is 1. The van der Waals surface area contributed by atoms with Gasteiger partial charge in [0.2, 0.25) is 11.8 Å². The highest BCUT2D eigenvalue weighted by Gasteiger charge is 2.13. The zero-order valence-electron chi connectivity index (χ0n) is 19.1. The van der Waals surface area contributed by atoms with Gasteiger partial charge in [0.05, 0.1) is 13.7 Å². The molecule has 2 N–H and O–H groups in total. The van der Waals surface area contributed by atoms with E-state index in [4.69, 9.17) is 16.3 Å². The summed E-state index contributed by atoms with van der Waals surface area (Å²) in [5.41, 5.74) is 1.46. The number of nitrogens with zero attached hydrogens (tertiary/aromatic N) is 3. The molecule has 8 nitrogen and oxygen atoms in total. The van der Waals surface area contributed by atoms with E-state index in [-0.39, 0.29) is 11.1 Å². The molecule has 0 radical (unpaired) electrons. The van der Waals surface area contributed by atoms with Crippen molar-refractivity contribution in [3.05, 3.63) is 80.9 Å². The standard InChI is InChI=1S/C25H26ClN5O3/c1-18-14-21(24(33)31(16-18)17-19-8-7-9-20(26)15-19)23(32)27-11-5-3-4-6-12-28-25-29-13-10-22(30-25)34-2/h7-10,13-16H,5-6,11-12,17H2,1-2H3,(H,27,32)(H,28,29,30). The van der Waals surface area contributed by atoms with Crippen LogP contribution in [0.4, 0.5) is 5.95 Å². The maximum absolute atomic E-state index is 12.8. The van der Waals surface area contributed by atoms with Gasteiger partial charge in [0.25, 0.3) is 11.5 Å². The quantitative estimate of drug-likeness (QED) is 0.361. The number of carbonyl (C=O) groups is 1. The molecule has 0 fully saturated rings. The molecule has 0 aliphatic heterocycles. The number of amides is 1. The Balaban J connectivity index is 1.48. The van der Waals surface area contributed by atoms with Crippen molar-refractivity contribution in [1.82, 2.24) is 19.9 Å². The minimum Gasteiger partial charge on any atom is -0.481 e. The van der Waals surface area contributed by atoms with Crippen LogP contribution in [0.15, 0.2) is 53.6 Å². The van der Waals surface area contributed by atoms with Crippen LogP contribution in [-0.2, 0) is 6.54 Å². The molecule has 2 heterocycles. The molecule has 9 heteroatoms. The summed E-state index contributed by atoms with van der Waals surface area (Å²) < 4.78 is 6.57. The largest absolute Gasteiger partial charge is 0.481 e. The number of methoxy groups -OCH3 is 1. The van der Waals surface area contributed by atoms with Crippen molar-refractivity contribution in [2.45, 2.75) is 26.3 Å². The Labute approximate surface area is 203 Å². The molecule has 34 heavy (non-hydrogen) atoms. The molecule has 0 saturated carbocycles. The van der Waals surface area contributed by atoms with Crippen LogP contribution in [0.2, 0.25) is 5.02 Å². The molecular formula is C25H26ClN5O3. The zero-order chi connectivity index (χ0) is 24.3. The van der Waals surface area contributed by atoms with Crippen LogP contribution < -0.4 is 20.9 Å². The van der Waals surface area contributed by atoms with Crippen LogP contribution in [-0.4, -0.2) is 40.6 Å². The van der Waals surface area contributed by atoms with Gasteiger partial charge in [0.15, 0.2) is 0 Å². The number of nitrogens with one attached hydrogen (secondary N) is 2. The second-order valence-corrected chi connectivity index (χ2v) is 7.89. The fraction of sp³-hybridized carbons (Fsp3) is 0.280.